The number of thiocarbonyl (C=S) groups is 1. The molecule has 1 fully saturated rings. The standard InChI is InChI=1S/C17H17N3OS/c1-2-16(21)19-20-17(22)18-15-10-9-12(11-7-8-11)13-5-3-4-6-14(13)15/h2-6,9-11H,1,7-8H2,(H,19,21)(H2,18,20,22). The first kappa shape index (κ1) is 14.5. The summed E-state index contributed by atoms with van der Waals surface area (Å²) in [5, 5.41) is 5.84. The predicted octanol–water partition coefficient (Wildman–Crippen LogP) is 3.22. The van der Waals surface area contributed by atoms with Gasteiger partial charge in [0.1, 0.15) is 0 Å². The number of amides is 1. The molecule has 0 bridgehead atoms. The minimum Gasteiger partial charge on any atom is -0.331 e. The molecule has 0 heterocycles. The lowest BCUT2D eigenvalue weighted by Crippen LogP contribution is -2.43. The van der Waals surface area contributed by atoms with Gasteiger partial charge in [-0.15, -0.1) is 0 Å². The largest absolute Gasteiger partial charge is 0.331 e. The molecule has 0 aromatic heterocycles. The van der Waals surface area contributed by atoms with Gasteiger partial charge in [-0.25, -0.2) is 0 Å². The second-order valence-electron chi connectivity index (χ2n) is 5.29. The minimum absolute atomic E-state index is 0.333. The van der Waals surface area contributed by atoms with Gasteiger partial charge in [0.15, 0.2) is 5.11 Å². The van der Waals surface area contributed by atoms with Gasteiger partial charge in [0.05, 0.1) is 0 Å². The summed E-state index contributed by atoms with van der Waals surface area (Å²) in [6, 6.07) is 12.5. The fraction of sp³-hybridized carbons (Fsp3) is 0.176. The fourth-order valence-electron chi connectivity index (χ4n) is 2.50. The molecule has 2 aromatic rings. The van der Waals surface area contributed by atoms with E-state index in [2.05, 4.69) is 47.0 Å². The highest BCUT2D eigenvalue weighted by molar-refractivity contribution is 7.80. The second kappa shape index (κ2) is 6.15. The van der Waals surface area contributed by atoms with Gasteiger partial charge in [0.25, 0.3) is 5.91 Å². The van der Waals surface area contributed by atoms with Crippen molar-refractivity contribution in [2.24, 2.45) is 0 Å². The molecule has 1 aliphatic rings. The molecule has 0 spiro atoms. The lowest BCUT2D eigenvalue weighted by atomic mass is 10.00. The van der Waals surface area contributed by atoms with E-state index in [1.807, 2.05) is 12.1 Å². The summed E-state index contributed by atoms with van der Waals surface area (Å²) in [5.41, 5.74) is 7.40. The first-order chi connectivity index (χ1) is 10.7. The van der Waals surface area contributed by atoms with Crippen LogP contribution in [0.2, 0.25) is 0 Å². The summed E-state index contributed by atoms with van der Waals surface area (Å²) in [4.78, 5) is 11.1. The van der Waals surface area contributed by atoms with Crippen LogP contribution in [0, 0.1) is 0 Å². The number of hydrogen-bond acceptors (Lipinski definition) is 2. The van der Waals surface area contributed by atoms with Crippen molar-refractivity contribution in [3.8, 4) is 0 Å². The second-order valence-corrected chi connectivity index (χ2v) is 5.70. The highest BCUT2D eigenvalue weighted by atomic mass is 32.1. The van der Waals surface area contributed by atoms with E-state index in [-0.39, 0.29) is 5.91 Å². The number of carbonyl (C=O) groups is 1. The molecular formula is C17H17N3OS. The third kappa shape index (κ3) is 3.09. The first-order valence-corrected chi connectivity index (χ1v) is 7.61. The number of hydrazine groups is 1. The molecule has 0 atom stereocenters. The van der Waals surface area contributed by atoms with Crippen LogP contribution in [0.4, 0.5) is 5.69 Å². The van der Waals surface area contributed by atoms with Crippen molar-refractivity contribution in [1.29, 1.82) is 0 Å². The Kier molecular flexibility index (Phi) is 4.06. The maximum Gasteiger partial charge on any atom is 0.261 e. The molecular weight excluding hydrogens is 294 g/mol. The lowest BCUT2D eigenvalue weighted by Gasteiger charge is -2.14. The number of nitrogens with one attached hydrogen (secondary N) is 3. The number of rotatable bonds is 3. The number of hydrogen-bond donors (Lipinski definition) is 3. The van der Waals surface area contributed by atoms with Crippen LogP contribution in [0.1, 0.15) is 24.3 Å². The highest BCUT2D eigenvalue weighted by Crippen LogP contribution is 2.44. The Bertz CT molecular complexity index is 753. The zero-order valence-corrected chi connectivity index (χ0v) is 12.9. The van der Waals surface area contributed by atoms with Crippen molar-refractivity contribution in [3.63, 3.8) is 0 Å². The van der Waals surface area contributed by atoms with Gasteiger partial charge in [-0.2, -0.15) is 0 Å². The van der Waals surface area contributed by atoms with Crippen molar-refractivity contribution >= 4 is 39.7 Å². The molecule has 5 heteroatoms. The zero-order valence-electron chi connectivity index (χ0n) is 12.1. The van der Waals surface area contributed by atoms with Gasteiger partial charge in [-0.1, -0.05) is 36.9 Å². The number of anilines is 1. The third-order valence-electron chi connectivity index (χ3n) is 3.71. The van der Waals surface area contributed by atoms with E-state index in [1.54, 1.807) is 0 Å². The Labute approximate surface area is 134 Å². The van der Waals surface area contributed by atoms with Gasteiger partial charge in [-0.05, 0) is 54.1 Å². The first-order valence-electron chi connectivity index (χ1n) is 7.20. The number of benzene rings is 2. The molecule has 22 heavy (non-hydrogen) atoms. The van der Waals surface area contributed by atoms with E-state index in [0.29, 0.717) is 11.0 Å². The molecule has 112 valence electrons. The van der Waals surface area contributed by atoms with Gasteiger partial charge in [0, 0.05) is 11.1 Å². The Morgan fingerprint density at radius 3 is 2.55 bits per heavy atom. The van der Waals surface area contributed by atoms with Crippen LogP contribution in [0.3, 0.4) is 0 Å². The lowest BCUT2D eigenvalue weighted by molar-refractivity contribution is -0.117. The summed E-state index contributed by atoms with van der Waals surface area (Å²) < 4.78 is 0. The summed E-state index contributed by atoms with van der Waals surface area (Å²) in [6.07, 6.45) is 3.71. The monoisotopic (exact) mass is 311 g/mol. The summed E-state index contributed by atoms with van der Waals surface area (Å²) >= 11 is 5.19. The molecule has 4 nitrogen and oxygen atoms in total. The quantitative estimate of drug-likeness (QED) is 0.463. The van der Waals surface area contributed by atoms with Crippen LogP contribution in [0.5, 0.6) is 0 Å². The van der Waals surface area contributed by atoms with Gasteiger partial charge in [0.2, 0.25) is 0 Å². The summed E-state index contributed by atoms with van der Waals surface area (Å²) in [5.74, 6) is 0.356. The van der Waals surface area contributed by atoms with Crippen LogP contribution in [0.25, 0.3) is 10.8 Å². The summed E-state index contributed by atoms with van der Waals surface area (Å²) in [6.45, 7) is 3.38. The van der Waals surface area contributed by atoms with Crippen molar-refractivity contribution in [2.45, 2.75) is 18.8 Å². The summed E-state index contributed by atoms with van der Waals surface area (Å²) in [7, 11) is 0. The average molecular weight is 311 g/mol. The van der Waals surface area contributed by atoms with Gasteiger partial charge in [-0.3, -0.25) is 15.6 Å². The van der Waals surface area contributed by atoms with E-state index in [9.17, 15) is 4.79 Å². The topological polar surface area (TPSA) is 53.2 Å². The predicted molar refractivity (Wildman–Crippen MR) is 93.6 cm³/mol. The Balaban J connectivity index is 1.82. The van der Waals surface area contributed by atoms with Crippen LogP contribution < -0.4 is 16.2 Å². The fourth-order valence-corrected chi connectivity index (χ4v) is 2.67. The van der Waals surface area contributed by atoms with Gasteiger partial charge < -0.3 is 5.32 Å². The Morgan fingerprint density at radius 2 is 1.86 bits per heavy atom. The molecule has 0 unspecified atom stereocenters. The van der Waals surface area contributed by atoms with Crippen molar-refractivity contribution in [3.05, 3.63) is 54.6 Å². The molecule has 0 radical (unpaired) electrons. The molecule has 1 saturated carbocycles. The van der Waals surface area contributed by atoms with E-state index in [4.69, 9.17) is 12.2 Å². The molecule has 1 aliphatic carbocycles. The number of carbonyl (C=O) groups excluding carboxylic acids is 1. The molecule has 3 N–H and O–H groups in total. The van der Waals surface area contributed by atoms with Crippen LogP contribution in [-0.2, 0) is 4.79 Å². The SMILES string of the molecule is C=CC(=O)NNC(=S)Nc1ccc(C2CC2)c2ccccc12. The minimum atomic E-state index is -0.335. The molecule has 0 saturated heterocycles. The van der Waals surface area contributed by atoms with Crippen molar-refractivity contribution < 1.29 is 4.79 Å². The third-order valence-corrected chi connectivity index (χ3v) is 3.91. The van der Waals surface area contributed by atoms with Crippen LogP contribution >= 0.6 is 12.2 Å². The normalized spacial score (nSPS) is 13.5. The molecule has 1 amide bonds. The van der Waals surface area contributed by atoms with Gasteiger partial charge >= 0.3 is 0 Å². The van der Waals surface area contributed by atoms with Crippen LogP contribution in [0.15, 0.2) is 49.1 Å². The molecule has 3 rings (SSSR count). The average Bonchev–Trinajstić information content (AvgIpc) is 3.37. The smallest absolute Gasteiger partial charge is 0.261 e. The van der Waals surface area contributed by atoms with Crippen LogP contribution in [-0.4, -0.2) is 11.0 Å². The van der Waals surface area contributed by atoms with E-state index in [1.165, 1.54) is 29.9 Å². The van der Waals surface area contributed by atoms with E-state index < -0.39 is 0 Å². The highest BCUT2D eigenvalue weighted by Gasteiger charge is 2.25. The molecule has 2 aromatic carbocycles. The Morgan fingerprint density at radius 1 is 1.14 bits per heavy atom. The number of fused-ring (bicyclic) bond motifs is 1. The van der Waals surface area contributed by atoms with Crippen molar-refractivity contribution in [2.75, 3.05) is 5.32 Å². The zero-order chi connectivity index (χ0) is 15.5. The molecule has 0 aliphatic heterocycles. The van der Waals surface area contributed by atoms with E-state index in [0.717, 1.165) is 11.1 Å². The maximum atomic E-state index is 11.1. The van der Waals surface area contributed by atoms with Crippen molar-refractivity contribution in [1.82, 2.24) is 10.9 Å². The van der Waals surface area contributed by atoms with E-state index >= 15 is 0 Å². The Hall–Kier alpha value is -2.40. The maximum absolute atomic E-state index is 11.1.